The summed E-state index contributed by atoms with van der Waals surface area (Å²) < 4.78 is 21.1. The number of methoxy groups -OCH3 is 1. The highest BCUT2D eigenvalue weighted by molar-refractivity contribution is 8.00. The van der Waals surface area contributed by atoms with Crippen LogP contribution in [0, 0.1) is 12.7 Å². The van der Waals surface area contributed by atoms with Gasteiger partial charge in [-0.15, -0.1) is 11.8 Å². The van der Waals surface area contributed by atoms with E-state index in [1.54, 1.807) is 17.9 Å². The van der Waals surface area contributed by atoms with Crippen LogP contribution in [-0.2, 0) is 19.7 Å². The second-order valence-electron chi connectivity index (χ2n) is 10.2. The molecule has 0 bridgehead atoms. The van der Waals surface area contributed by atoms with E-state index in [1.165, 1.54) is 28.8 Å². The number of nitrogens with zero attached hydrogens (tertiary/aromatic N) is 3. The Hall–Kier alpha value is -3.17. The highest BCUT2D eigenvalue weighted by Gasteiger charge is 2.40. The van der Waals surface area contributed by atoms with Crippen LogP contribution >= 0.6 is 11.8 Å². The lowest BCUT2D eigenvalue weighted by Gasteiger charge is -2.24. The van der Waals surface area contributed by atoms with E-state index in [9.17, 15) is 14.0 Å². The maximum atomic E-state index is 14.3. The number of amides is 2. The summed E-state index contributed by atoms with van der Waals surface area (Å²) in [5, 5.41) is 7.50. The first-order chi connectivity index (χ1) is 17.6. The second kappa shape index (κ2) is 11.1. The molecule has 1 atom stereocenters. The molecule has 37 heavy (non-hydrogen) atoms. The highest BCUT2D eigenvalue weighted by atomic mass is 32.2. The molecule has 4 rings (SSSR count). The summed E-state index contributed by atoms with van der Waals surface area (Å²) in [5.41, 5.74) is 3.85. The smallest absolute Gasteiger partial charge is 0.240 e. The Morgan fingerprint density at radius 2 is 1.95 bits per heavy atom. The van der Waals surface area contributed by atoms with Crippen molar-refractivity contribution in [3.63, 3.8) is 0 Å². The fraction of sp³-hybridized carbons (Fsp3) is 0.393. The van der Waals surface area contributed by atoms with Gasteiger partial charge in [0.1, 0.15) is 18.2 Å². The van der Waals surface area contributed by atoms with Gasteiger partial charge in [0.25, 0.3) is 0 Å². The number of rotatable bonds is 7. The van der Waals surface area contributed by atoms with Gasteiger partial charge >= 0.3 is 0 Å². The average Bonchev–Trinajstić information content (AvgIpc) is 3.18. The molecule has 0 aliphatic carbocycles. The van der Waals surface area contributed by atoms with Crippen molar-refractivity contribution in [2.24, 2.45) is 0 Å². The number of fused-ring (bicyclic) bond motifs is 1. The van der Waals surface area contributed by atoms with Crippen molar-refractivity contribution in [1.29, 1.82) is 0 Å². The number of hydrogen-bond acceptors (Lipinski definition) is 5. The molecule has 0 saturated carbocycles. The number of hydrogen-bond donors (Lipinski definition) is 1. The molecule has 9 heteroatoms. The third-order valence-electron chi connectivity index (χ3n) is 6.16. The van der Waals surface area contributed by atoms with Crippen LogP contribution in [0.5, 0.6) is 0 Å². The standard InChI is InChI=1S/C28H33FN4O3S/c1-18-9-11-21(12-10-18)33-27-24(26(31-33)28(2,3)4)25(19-7-6-8-20(29)15-19)37-17-23(35)32(27)16-22(34)30-13-14-36-5/h6-12,15,25H,13-14,16-17H2,1-5H3,(H,30,34)/t25-/m0/s1. The van der Waals surface area contributed by atoms with E-state index in [0.717, 1.165) is 28.1 Å². The highest BCUT2D eigenvalue weighted by Crippen LogP contribution is 2.48. The molecule has 0 unspecified atom stereocenters. The van der Waals surface area contributed by atoms with Gasteiger partial charge in [0, 0.05) is 24.6 Å². The summed E-state index contributed by atoms with van der Waals surface area (Å²) in [7, 11) is 1.56. The number of halogens is 1. The Bertz CT molecular complexity index is 1280. The van der Waals surface area contributed by atoms with Crippen LogP contribution in [0.4, 0.5) is 10.2 Å². The van der Waals surface area contributed by atoms with Gasteiger partial charge < -0.3 is 10.1 Å². The first-order valence-electron chi connectivity index (χ1n) is 12.2. The molecule has 196 valence electrons. The molecule has 3 aromatic rings. The summed E-state index contributed by atoms with van der Waals surface area (Å²) in [4.78, 5) is 28.0. The van der Waals surface area contributed by atoms with Crippen molar-refractivity contribution < 1.29 is 18.7 Å². The average molecular weight is 525 g/mol. The number of carbonyl (C=O) groups is 2. The molecule has 1 aliphatic heterocycles. The SMILES string of the molecule is COCCNC(=O)CN1C(=O)CS[C@@H](c2cccc(F)c2)c2c(C(C)(C)C)nn(-c3ccc(C)cc3)c21. The lowest BCUT2D eigenvalue weighted by Crippen LogP contribution is -2.43. The van der Waals surface area contributed by atoms with Crippen LogP contribution in [-0.4, -0.2) is 54.2 Å². The Balaban J connectivity index is 1.95. The third-order valence-corrected chi connectivity index (χ3v) is 7.41. The molecule has 1 N–H and O–H groups in total. The van der Waals surface area contributed by atoms with Crippen LogP contribution in [0.15, 0.2) is 48.5 Å². The van der Waals surface area contributed by atoms with Gasteiger partial charge in [0.05, 0.1) is 29.0 Å². The Kier molecular flexibility index (Phi) is 8.04. The molecular weight excluding hydrogens is 491 g/mol. The second-order valence-corrected chi connectivity index (χ2v) is 11.2. The van der Waals surface area contributed by atoms with Crippen molar-refractivity contribution in [3.05, 3.63) is 76.7 Å². The number of ether oxygens (including phenoxy) is 1. The van der Waals surface area contributed by atoms with Gasteiger partial charge in [0.2, 0.25) is 11.8 Å². The fourth-order valence-corrected chi connectivity index (χ4v) is 5.55. The first-order valence-corrected chi connectivity index (χ1v) is 13.3. The lowest BCUT2D eigenvalue weighted by molar-refractivity contribution is -0.123. The molecule has 0 spiro atoms. The number of carbonyl (C=O) groups excluding carboxylic acids is 2. The summed E-state index contributed by atoms with van der Waals surface area (Å²) in [6.07, 6.45) is 0. The van der Waals surface area contributed by atoms with Crippen molar-refractivity contribution in [2.45, 2.75) is 38.4 Å². The van der Waals surface area contributed by atoms with Crippen molar-refractivity contribution >= 4 is 29.4 Å². The van der Waals surface area contributed by atoms with E-state index < -0.39 is 0 Å². The number of nitrogens with one attached hydrogen (secondary N) is 1. The van der Waals surface area contributed by atoms with E-state index >= 15 is 0 Å². The zero-order chi connectivity index (χ0) is 26.7. The summed E-state index contributed by atoms with van der Waals surface area (Å²) in [6.45, 7) is 8.76. The van der Waals surface area contributed by atoms with Crippen molar-refractivity contribution in [2.75, 3.05) is 37.5 Å². The minimum Gasteiger partial charge on any atom is -0.383 e. The maximum absolute atomic E-state index is 14.3. The zero-order valence-electron chi connectivity index (χ0n) is 21.9. The Labute approximate surface area is 221 Å². The van der Waals surface area contributed by atoms with Crippen molar-refractivity contribution in [1.82, 2.24) is 15.1 Å². The van der Waals surface area contributed by atoms with Crippen LogP contribution in [0.2, 0.25) is 0 Å². The van der Waals surface area contributed by atoms with Crippen LogP contribution < -0.4 is 10.2 Å². The van der Waals surface area contributed by atoms with E-state index in [4.69, 9.17) is 9.84 Å². The zero-order valence-corrected chi connectivity index (χ0v) is 22.7. The Morgan fingerprint density at radius 3 is 2.59 bits per heavy atom. The van der Waals surface area contributed by atoms with E-state index in [0.29, 0.717) is 19.0 Å². The molecule has 0 radical (unpaired) electrons. The van der Waals surface area contributed by atoms with E-state index in [1.807, 2.05) is 37.3 Å². The molecule has 2 aromatic carbocycles. The van der Waals surface area contributed by atoms with E-state index in [2.05, 4.69) is 26.1 Å². The molecule has 1 aliphatic rings. The molecule has 1 aromatic heterocycles. The van der Waals surface area contributed by atoms with E-state index in [-0.39, 0.29) is 40.6 Å². The van der Waals surface area contributed by atoms with Crippen molar-refractivity contribution in [3.8, 4) is 5.69 Å². The number of anilines is 1. The van der Waals surface area contributed by atoms with Gasteiger partial charge in [-0.05, 0) is 36.8 Å². The minimum atomic E-state index is -0.383. The molecule has 0 fully saturated rings. The molecule has 7 nitrogen and oxygen atoms in total. The largest absolute Gasteiger partial charge is 0.383 e. The van der Waals surface area contributed by atoms with Gasteiger partial charge in [-0.2, -0.15) is 5.10 Å². The maximum Gasteiger partial charge on any atom is 0.240 e. The summed E-state index contributed by atoms with van der Waals surface area (Å²) >= 11 is 1.43. The monoisotopic (exact) mass is 524 g/mol. The molecular formula is C28H33FN4O3S. The predicted molar refractivity (Wildman–Crippen MR) is 145 cm³/mol. The molecule has 2 heterocycles. The lowest BCUT2D eigenvalue weighted by atomic mass is 9.87. The third kappa shape index (κ3) is 5.88. The van der Waals surface area contributed by atoms with Crippen LogP contribution in [0.25, 0.3) is 5.69 Å². The number of benzene rings is 2. The quantitative estimate of drug-likeness (QED) is 0.459. The number of aryl methyl sites for hydroxylation is 1. The normalized spacial score (nSPS) is 15.9. The fourth-order valence-electron chi connectivity index (χ4n) is 4.36. The van der Waals surface area contributed by atoms with Gasteiger partial charge in [-0.25, -0.2) is 9.07 Å². The van der Waals surface area contributed by atoms with Gasteiger partial charge in [0.15, 0.2) is 0 Å². The summed E-state index contributed by atoms with van der Waals surface area (Å²) in [5.74, 6) is -0.161. The summed E-state index contributed by atoms with van der Waals surface area (Å²) in [6, 6.07) is 14.3. The molecule has 0 saturated heterocycles. The van der Waals surface area contributed by atoms with Gasteiger partial charge in [-0.1, -0.05) is 50.6 Å². The minimum absolute atomic E-state index is 0.138. The number of aromatic nitrogens is 2. The van der Waals surface area contributed by atoms with Gasteiger partial charge in [-0.3, -0.25) is 14.5 Å². The first kappa shape index (κ1) is 26.9. The number of thioether (sulfide) groups is 1. The Morgan fingerprint density at radius 1 is 1.22 bits per heavy atom. The molecule has 2 amide bonds. The van der Waals surface area contributed by atoms with Crippen LogP contribution in [0.3, 0.4) is 0 Å². The predicted octanol–water partition coefficient (Wildman–Crippen LogP) is 4.55. The topological polar surface area (TPSA) is 76.5 Å². The van der Waals surface area contributed by atoms with Crippen LogP contribution in [0.1, 0.15) is 48.4 Å².